The molecule has 0 aliphatic carbocycles. The molecule has 0 spiro atoms. The van der Waals surface area contributed by atoms with Crippen LogP contribution in [0.1, 0.15) is 67.0 Å². The van der Waals surface area contributed by atoms with Crippen molar-refractivity contribution < 1.29 is 26.4 Å². The van der Waals surface area contributed by atoms with E-state index in [-0.39, 0.29) is 42.4 Å². The molecule has 1 amide bonds. The lowest BCUT2D eigenvalue weighted by Crippen LogP contribution is -2.38. The molecule has 0 saturated heterocycles. The van der Waals surface area contributed by atoms with Crippen LogP contribution in [0, 0.1) is 41.5 Å². The molecule has 0 aliphatic heterocycles. The molecule has 0 saturated carbocycles. The van der Waals surface area contributed by atoms with Crippen molar-refractivity contribution in [2.75, 3.05) is 26.2 Å². The Balaban J connectivity index is 2.17. The van der Waals surface area contributed by atoms with Crippen LogP contribution in [0.4, 0.5) is 4.79 Å². The molecule has 0 heterocycles. The van der Waals surface area contributed by atoms with E-state index in [0.29, 0.717) is 28.7 Å². The molecule has 11 heteroatoms. The SMILES string of the molecule is Cc1cc(C)c(S(=O)(=O)NCCCN(CCCNC(=O)OC(C)(C)C)S(=O)(=O)c2c(C)cc(C)cc2C)c(C)c1. The highest BCUT2D eigenvalue weighted by Crippen LogP contribution is 2.26. The van der Waals surface area contributed by atoms with Crippen molar-refractivity contribution in [1.29, 1.82) is 0 Å². The molecule has 0 unspecified atom stereocenters. The number of hydrogen-bond donors (Lipinski definition) is 2. The van der Waals surface area contributed by atoms with Gasteiger partial charge in [0.1, 0.15) is 5.60 Å². The number of benzene rings is 2. The third kappa shape index (κ3) is 9.29. The molecule has 0 aliphatic rings. The Bertz CT molecular complexity index is 1380. The molecule has 0 fully saturated rings. The summed E-state index contributed by atoms with van der Waals surface area (Å²) in [4.78, 5) is 12.5. The molecule has 224 valence electrons. The monoisotopic (exact) mass is 595 g/mol. The molecule has 9 nitrogen and oxygen atoms in total. The summed E-state index contributed by atoms with van der Waals surface area (Å²) in [5.74, 6) is 0. The van der Waals surface area contributed by atoms with Crippen LogP contribution in [-0.4, -0.2) is 59.0 Å². The van der Waals surface area contributed by atoms with Gasteiger partial charge < -0.3 is 10.1 Å². The van der Waals surface area contributed by atoms with Crippen molar-refractivity contribution in [2.24, 2.45) is 0 Å². The van der Waals surface area contributed by atoms with Gasteiger partial charge in [-0.1, -0.05) is 35.4 Å². The molecule has 0 aromatic heterocycles. The zero-order valence-corrected chi connectivity index (χ0v) is 26.9. The lowest BCUT2D eigenvalue weighted by Gasteiger charge is -2.25. The van der Waals surface area contributed by atoms with Crippen LogP contribution in [0.25, 0.3) is 0 Å². The van der Waals surface area contributed by atoms with Gasteiger partial charge in [0, 0.05) is 26.2 Å². The van der Waals surface area contributed by atoms with Crippen LogP contribution < -0.4 is 10.0 Å². The highest BCUT2D eigenvalue weighted by atomic mass is 32.2. The molecule has 2 aromatic carbocycles. The first-order valence-corrected chi connectivity index (χ1v) is 16.4. The summed E-state index contributed by atoms with van der Waals surface area (Å²) in [5, 5.41) is 2.66. The molecule has 0 bridgehead atoms. The van der Waals surface area contributed by atoms with Gasteiger partial charge in [-0.3, -0.25) is 0 Å². The van der Waals surface area contributed by atoms with E-state index in [9.17, 15) is 21.6 Å². The topological polar surface area (TPSA) is 122 Å². The minimum Gasteiger partial charge on any atom is -0.444 e. The molecular weight excluding hydrogens is 550 g/mol. The van der Waals surface area contributed by atoms with E-state index < -0.39 is 31.7 Å². The zero-order chi connectivity index (χ0) is 30.5. The van der Waals surface area contributed by atoms with Crippen molar-refractivity contribution in [3.8, 4) is 0 Å². The predicted molar refractivity (Wildman–Crippen MR) is 159 cm³/mol. The Labute approximate surface area is 240 Å². The lowest BCUT2D eigenvalue weighted by atomic mass is 10.1. The predicted octanol–water partition coefficient (Wildman–Crippen LogP) is 4.81. The Morgan fingerprint density at radius 1 is 0.750 bits per heavy atom. The van der Waals surface area contributed by atoms with Crippen LogP contribution in [-0.2, 0) is 24.8 Å². The van der Waals surface area contributed by atoms with Gasteiger partial charge in [-0.15, -0.1) is 0 Å². The van der Waals surface area contributed by atoms with Crippen molar-refractivity contribution in [3.05, 3.63) is 57.6 Å². The van der Waals surface area contributed by atoms with Gasteiger partial charge >= 0.3 is 6.09 Å². The highest BCUT2D eigenvalue weighted by Gasteiger charge is 2.28. The quantitative estimate of drug-likeness (QED) is 0.340. The maximum atomic E-state index is 13.8. The number of nitrogens with zero attached hydrogens (tertiary/aromatic N) is 1. The zero-order valence-electron chi connectivity index (χ0n) is 25.3. The number of aryl methyl sites for hydroxylation is 6. The number of amides is 1. The van der Waals surface area contributed by atoms with Crippen molar-refractivity contribution in [2.45, 2.75) is 90.5 Å². The van der Waals surface area contributed by atoms with Crippen LogP contribution in [0.3, 0.4) is 0 Å². The normalized spacial score (nSPS) is 12.6. The second-order valence-corrected chi connectivity index (χ2v) is 15.0. The Morgan fingerprint density at radius 2 is 1.18 bits per heavy atom. The van der Waals surface area contributed by atoms with Crippen molar-refractivity contribution in [3.63, 3.8) is 0 Å². The summed E-state index contributed by atoms with van der Waals surface area (Å²) in [5.41, 5.74) is 3.95. The summed E-state index contributed by atoms with van der Waals surface area (Å²) < 4.78 is 63.0. The largest absolute Gasteiger partial charge is 0.444 e. The van der Waals surface area contributed by atoms with E-state index in [2.05, 4.69) is 10.0 Å². The first-order chi connectivity index (χ1) is 18.3. The lowest BCUT2D eigenvalue weighted by molar-refractivity contribution is 0.0526. The number of carbonyl (C=O) groups excluding carboxylic acids is 1. The summed E-state index contributed by atoms with van der Waals surface area (Å²) in [6, 6.07) is 7.33. The summed E-state index contributed by atoms with van der Waals surface area (Å²) in [6.07, 6.45) is 0.0603. The van der Waals surface area contributed by atoms with Crippen LogP contribution in [0.2, 0.25) is 0 Å². The summed E-state index contributed by atoms with van der Waals surface area (Å²) >= 11 is 0. The minimum atomic E-state index is -3.88. The molecule has 0 radical (unpaired) electrons. The third-order valence-corrected chi connectivity index (χ3v) is 10.2. The second-order valence-electron chi connectivity index (χ2n) is 11.4. The number of hydrogen-bond acceptors (Lipinski definition) is 6. The standard InChI is InChI=1S/C29H45N3O6S2/c1-20-16-22(3)26(23(4)17-20)39(34,35)31-13-11-15-32(14-10-12-30-28(33)38-29(7,8)9)40(36,37)27-24(5)18-21(2)19-25(27)6/h16-19,31H,10-15H2,1-9H3,(H,30,33). The van der Waals surface area contributed by atoms with Crippen LogP contribution in [0.5, 0.6) is 0 Å². The average Bonchev–Trinajstić information content (AvgIpc) is 2.74. The van der Waals surface area contributed by atoms with Crippen LogP contribution >= 0.6 is 0 Å². The molecular formula is C29H45N3O6S2. The van der Waals surface area contributed by atoms with Gasteiger partial charge in [0.15, 0.2) is 0 Å². The fourth-order valence-corrected chi connectivity index (χ4v) is 8.39. The molecule has 0 atom stereocenters. The number of nitrogens with one attached hydrogen (secondary N) is 2. The van der Waals surface area contributed by atoms with E-state index in [1.165, 1.54) is 4.31 Å². The Morgan fingerprint density at radius 3 is 1.62 bits per heavy atom. The van der Waals surface area contributed by atoms with Gasteiger partial charge in [0.2, 0.25) is 20.0 Å². The molecule has 2 N–H and O–H groups in total. The van der Waals surface area contributed by atoms with Gasteiger partial charge in [-0.2, -0.15) is 4.31 Å². The minimum absolute atomic E-state index is 0.0726. The first kappa shape index (κ1) is 33.7. The number of ether oxygens (including phenoxy) is 1. The number of rotatable bonds is 12. The van der Waals surface area contributed by atoms with Crippen molar-refractivity contribution in [1.82, 2.24) is 14.3 Å². The van der Waals surface area contributed by atoms with E-state index in [4.69, 9.17) is 4.74 Å². The first-order valence-electron chi connectivity index (χ1n) is 13.5. The number of carbonyl (C=O) groups is 1. The van der Waals surface area contributed by atoms with E-state index >= 15 is 0 Å². The van der Waals surface area contributed by atoms with Gasteiger partial charge in [-0.25, -0.2) is 26.4 Å². The average molecular weight is 596 g/mol. The number of sulfonamides is 2. The maximum absolute atomic E-state index is 13.8. The fourth-order valence-electron chi connectivity index (χ4n) is 4.94. The Kier molecular flexibility index (Phi) is 11.4. The maximum Gasteiger partial charge on any atom is 0.407 e. The fraction of sp³-hybridized carbons (Fsp3) is 0.552. The van der Waals surface area contributed by atoms with Gasteiger partial charge in [0.05, 0.1) is 9.79 Å². The van der Waals surface area contributed by atoms with Crippen molar-refractivity contribution >= 4 is 26.1 Å². The second kappa shape index (κ2) is 13.5. The molecule has 40 heavy (non-hydrogen) atoms. The third-order valence-electron chi connectivity index (χ3n) is 6.20. The van der Waals surface area contributed by atoms with Gasteiger partial charge in [0.25, 0.3) is 0 Å². The van der Waals surface area contributed by atoms with Gasteiger partial charge in [-0.05, 0) is 97.4 Å². The summed E-state index contributed by atoms with van der Waals surface area (Å²) in [7, 11) is -7.65. The Hall–Kier alpha value is -2.47. The highest BCUT2D eigenvalue weighted by molar-refractivity contribution is 7.89. The smallest absolute Gasteiger partial charge is 0.407 e. The molecule has 2 aromatic rings. The van der Waals surface area contributed by atoms with E-state index in [1.54, 1.807) is 48.5 Å². The summed E-state index contributed by atoms with van der Waals surface area (Å²) in [6.45, 7) is 16.8. The molecule has 2 rings (SSSR count). The van der Waals surface area contributed by atoms with E-state index in [0.717, 1.165) is 11.1 Å². The van der Waals surface area contributed by atoms with E-state index in [1.807, 2.05) is 38.1 Å². The van der Waals surface area contributed by atoms with Crippen LogP contribution in [0.15, 0.2) is 34.1 Å². The number of alkyl carbamates (subject to hydrolysis) is 1.